The summed E-state index contributed by atoms with van der Waals surface area (Å²) in [6.45, 7) is 0.664. The first kappa shape index (κ1) is 18.4. The molecule has 0 radical (unpaired) electrons. The number of amides is 1. The summed E-state index contributed by atoms with van der Waals surface area (Å²) >= 11 is 6.19. The maximum Gasteiger partial charge on any atom is 0.255 e. The van der Waals surface area contributed by atoms with Gasteiger partial charge in [0.25, 0.3) is 5.91 Å². The van der Waals surface area contributed by atoms with Crippen molar-refractivity contribution in [1.82, 2.24) is 19.9 Å². The summed E-state index contributed by atoms with van der Waals surface area (Å²) in [5, 5.41) is 0.632. The fraction of sp³-hybridized carbons (Fsp3) is 0.238. The molecule has 0 bridgehead atoms. The zero-order chi connectivity index (χ0) is 19.5. The van der Waals surface area contributed by atoms with Crippen molar-refractivity contribution in [1.29, 1.82) is 0 Å². The summed E-state index contributed by atoms with van der Waals surface area (Å²) < 4.78 is 0. The number of halogens is 1. The Bertz CT molecular complexity index is 995. The lowest BCUT2D eigenvalue weighted by molar-refractivity contribution is 0.0606. The number of carbonyl (C=O) groups excluding carboxylic acids is 1. The van der Waals surface area contributed by atoms with Crippen LogP contribution in [0, 0.1) is 0 Å². The summed E-state index contributed by atoms with van der Waals surface area (Å²) in [5.74, 6) is 0.146. The van der Waals surface area contributed by atoms with Gasteiger partial charge in [0.1, 0.15) is 0 Å². The average Bonchev–Trinajstić information content (AvgIpc) is 2.74. The Balaban J connectivity index is 1.78. The molecule has 0 unspecified atom stereocenters. The summed E-state index contributed by atoms with van der Waals surface area (Å²) in [5.41, 5.74) is 8.98. The Labute approximate surface area is 168 Å². The Morgan fingerprint density at radius 1 is 1.18 bits per heavy atom. The molecule has 0 spiro atoms. The van der Waals surface area contributed by atoms with Gasteiger partial charge in [-0.15, -0.1) is 0 Å². The molecule has 2 aromatic heterocycles. The van der Waals surface area contributed by atoms with Crippen LogP contribution in [0.1, 0.15) is 41.4 Å². The van der Waals surface area contributed by atoms with Crippen LogP contribution in [0.4, 0.5) is 5.95 Å². The minimum atomic E-state index is -0.180. The Morgan fingerprint density at radius 2 is 2.07 bits per heavy atom. The number of aromatic nitrogens is 3. The summed E-state index contributed by atoms with van der Waals surface area (Å²) in [7, 11) is 0. The predicted molar refractivity (Wildman–Crippen MR) is 109 cm³/mol. The van der Waals surface area contributed by atoms with Crippen molar-refractivity contribution < 1.29 is 4.79 Å². The van der Waals surface area contributed by atoms with Crippen LogP contribution >= 0.6 is 11.6 Å². The maximum atomic E-state index is 13.2. The molecule has 3 heterocycles. The number of piperidine rings is 1. The first-order valence-corrected chi connectivity index (χ1v) is 9.60. The van der Waals surface area contributed by atoms with Gasteiger partial charge in [0.15, 0.2) is 0 Å². The van der Waals surface area contributed by atoms with Crippen LogP contribution < -0.4 is 5.73 Å². The summed E-state index contributed by atoms with van der Waals surface area (Å²) in [6.07, 6.45) is 7.75. The lowest BCUT2D eigenvalue weighted by Gasteiger charge is -2.36. The van der Waals surface area contributed by atoms with Crippen LogP contribution in [0.5, 0.6) is 0 Å². The Kier molecular flexibility index (Phi) is 5.21. The van der Waals surface area contributed by atoms with E-state index in [9.17, 15) is 4.79 Å². The van der Waals surface area contributed by atoms with Gasteiger partial charge in [-0.2, -0.15) is 0 Å². The molecule has 28 heavy (non-hydrogen) atoms. The van der Waals surface area contributed by atoms with Gasteiger partial charge >= 0.3 is 0 Å². The maximum absolute atomic E-state index is 13.2. The van der Waals surface area contributed by atoms with E-state index in [4.69, 9.17) is 17.3 Å². The lowest BCUT2D eigenvalue weighted by Crippen LogP contribution is -2.39. The standard InChI is InChI=1S/C21H20ClN5O/c22-16-7-3-5-14(11-16)17-13-25-21(23)26-19(17)18-8-1-2-10-27(18)20(28)15-6-4-9-24-12-15/h3-7,9,11-13,18H,1-2,8,10H2,(H2,23,25,26)/t18-/m1/s1. The summed E-state index contributed by atoms with van der Waals surface area (Å²) in [6, 6.07) is 10.9. The molecule has 0 aliphatic carbocycles. The third-order valence-corrected chi connectivity index (χ3v) is 5.20. The fourth-order valence-corrected chi connectivity index (χ4v) is 3.85. The number of nitrogens with zero attached hydrogens (tertiary/aromatic N) is 4. The highest BCUT2D eigenvalue weighted by molar-refractivity contribution is 6.30. The third-order valence-electron chi connectivity index (χ3n) is 4.96. The molecular formula is C21H20ClN5O. The van der Waals surface area contributed by atoms with Crippen molar-refractivity contribution in [2.75, 3.05) is 12.3 Å². The Morgan fingerprint density at radius 3 is 2.86 bits per heavy atom. The average molecular weight is 394 g/mol. The van der Waals surface area contributed by atoms with Crippen molar-refractivity contribution in [2.24, 2.45) is 0 Å². The van der Waals surface area contributed by atoms with Gasteiger partial charge in [0.2, 0.25) is 5.95 Å². The molecule has 0 saturated carbocycles. The molecule has 142 valence electrons. The van der Waals surface area contributed by atoms with Crippen LogP contribution in [0.2, 0.25) is 5.02 Å². The van der Waals surface area contributed by atoms with E-state index in [1.165, 1.54) is 0 Å². The van der Waals surface area contributed by atoms with E-state index in [2.05, 4.69) is 15.0 Å². The molecule has 3 aromatic rings. The summed E-state index contributed by atoms with van der Waals surface area (Å²) in [4.78, 5) is 27.8. The first-order valence-electron chi connectivity index (χ1n) is 9.23. The monoisotopic (exact) mass is 393 g/mol. The molecule has 1 fully saturated rings. The quantitative estimate of drug-likeness (QED) is 0.722. The number of rotatable bonds is 3. The van der Waals surface area contributed by atoms with Gasteiger partial charge in [-0.3, -0.25) is 9.78 Å². The normalized spacial score (nSPS) is 16.8. The van der Waals surface area contributed by atoms with Gasteiger partial charge in [0.05, 0.1) is 17.3 Å². The molecule has 1 aliphatic heterocycles. The highest BCUT2D eigenvalue weighted by Gasteiger charge is 2.32. The topological polar surface area (TPSA) is 85.0 Å². The molecule has 4 rings (SSSR count). The minimum absolute atomic E-state index is 0.0490. The first-order chi connectivity index (χ1) is 13.6. The number of carbonyl (C=O) groups is 1. The number of nitrogen functional groups attached to an aromatic ring is 1. The zero-order valence-electron chi connectivity index (χ0n) is 15.3. The number of nitrogens with two attached hydrogens (primary N) is 1. The lowest BCUT2D eigenvalue weighted by atomic mass is 9.93. The highest BCUT2D eigenvalue weighted by atomic mass is 35.5. The van der Waals surface area contributed by atoms with Crippen LogP contribution in [-0.4, -0.2) is 32.3 Å². The SMILES string of the molecule is Nc1ncc(-c2cccc(Cl)c2)c([C@H]2CCCCN2C(=O)c2cccnc2)n1. The van der Waals surface area contributed by atoms with Crippen molar-refractivity contribution in [3.05, 3.63) is 71.3 Å². The van der Waals surface area contributed by atoms with Gasteiger partial charge in [-0.1, -0.05) is 23.7 Å². The molecule has 1 saturated heterocycles. The van der Waals surface area contributed by atoms with Gasteiger partial charge < -0.3 is 10.6 Å². The number of anilines is 1. The van der Waals surface area contributed by atoms with Crippen LogP contribution in [0.25, 0.3) is 11.1 Å². The highest BCUT2D eigenvalue weighted by Crippen LogP contribution is 2.37. The smallest absolute Gasteiger partial charge is 0.255 e. The molecule has 2 N–H and O–H groups in total. The van der Waals surface area contributed by atoms with Crippen LogP contribution in [0.3, 0.4) is 0 Å². The van der Waals surface area contributed by atoms with E-state index in [0.29, 0.717) is 17.1 Å². The van der Waals surface area contributed by atoms with E-state index in [0.717, 1.165) is 36.1 Å². The largest absolute Gasteiger partial charge is 0.368 e. The fourth-order valence-electron chi connectivity index (χ4n) is 3.66. The number of likely N-dealkylation sites (tertiary alicyclic amines) is 1. The Hall–Kier alpha value is -2.99. The third kappa shape index (κ3) is 3.68. The van der Waals surface area contributed by atoms with Crippen LogP contribution in [-0.2, 0) is 0 Å². The zero-order valence-corrected chi connectivity index (χ0v) is 16.0. The van der Waals surface area contributed by atoms with Crippen LogP contribution in [0.15, 0.2) is 55.0 Å². The van der Waals surface area contributed by atoms with E-state index in [1.807, 2.05) is 29.2 Å². The molecule has 1 atom stereocenters. The molecular weight excluding hydrogens is 374 g/mol. The van der Waals surface area contributed by atoms with Gasteiger partial charge in [-0.25, -0.2) is 9.97 Å². The number of pyridine rings is 1. The van der Waals surface area contributed by atoms with E-state index < -0.39 is 0 Å². The molecule has 7 heteroatoms. The van der Waals surface area contributed by atoms with Crippen molar-refractivity contribution >= 4 is 23.5 Å². The second-order valence-corrected chi connectivity index (χ2v) is 7.23. The predicted octanol–water partition coefficient (Wildman–Crippen LogP) is 4.14. The van der Waals surface area contributed by atoms with E-state index in [1.54, 1.807) is 30.7 Å². The number of hydrogen-bond donors (Lipinski definition) is 1. The second-order valence-electron chi connectivity index (χ2n) is 6.79. The molecule has 1 amide bonds. The minimum Gasteiger partial charge on any atom is -0.368 e. The van der Waals surface area contributed by atoms with Crippen molar-refractivity contribution in [3.63, 3.8) is 0 Å². The number of hydrogen-bond acceptors (Lipinski definition) is 5. The van der Waals surface area contributed by atoms with Gasteiger partial charge in [-0.05, 0) is 49.1 Å². The second kappa shape index (κ2) is 7.94. The number of benzene rings is 1. The molecule has 1 aromatic carbocycles. The van der Waals surface area contributed by atoms with Crippen molar-refractivity contribution in [2.45, 2.75) is 25.3 Å². The van der Waals surface area contributed by atoms with E-state index in [-0.39, 0.29) is 17.9 Å². The van der Waals surface area contributed by atoms with Gasteiger partial charge in [0, 0.05) is 35.7 Å². The molecule has 6 nitrogen and oxygen atoms in total. The van der Waals surface area contributed by atoms with Crippen molar-refractivity contribution in [3.8, 4) is 11.1 Å². The van der Waals surface area contributed by atoms with E-state index >= 15 is 0 Å². The molecule has 1 aliphatic rings.